The molecule has 2 rings (SSSR count). The van der Waals surface area contributed by atoms with Gasteiger partial charge >= 0.3 is 19.4 Å². The van der Waals surface area contributed by atoms with Gasteiger partial charge in [0.1, 0.15) is 5.66 Å². The minimum absolute atomic E-state index is 0.237. The molecule has 7 N–H and O–H groups in total. The van der Waals surface area contributed by atoms with E-state index >= 15 is 0 Å². The maximum absolute atomic E-state index is 11.7. The predicted octanol–water partition coefficient (Wildman–Crippen LogP) is -1.41. The van der Waals surface area contributed by atoms with Crippen molar-refractivity contribution in [2.24, 2.45) is 0 Å². The maximum atomic E-state index is 11.7. The number of amides is 4. The fourth-order valence-electron chi connectivity index (χ4n) is 2.98. The lowest BCUT2D eigenvalue weighted by atomic mass is 9.79. The molecule has 4 amide bonds. The Morgan fingerprint density at radius 2 is 1.10 bits per heavy atom. The second kappa shape index (κ2) is 5.70. The quantitative estimate of drug-likeness (QED) is 0.275. The number of hydrogen-bond acceptors (Lipinski definition) is 5. The van der Waals surface area contributed by atoms with Crippen LogP contribution in [0.3, 0.4) is 0 Å². The molecule has 0 aromatic carbocycles. The largest absolute Gasteiger partial charge is 0.631 e. The molecule has 2 aliphatic rings. The van der Waals surface area contributed by atoms with Crippen molar-refractivity contribution < 1.29 is 24.7 Å². The Labute approximate surface area is 123 Å². The summed E-state index contributed by atoms with van der Waals surface area (Å²) in [5.41, 5.74) is -1.32. The summed E-state index contributed by atoms with van der Waals surface area (Å²) in [6.07, 6.45) is 1.31. The van der Waals surface area contributed by atoms with E-state index in [1.165, 1.54) is 0 Å². The van der Waals surface area contributed by atoms with Gasteiger partial charge in [-0.25, -0.2) is 9.59 Å². The SMILES string of the molecule is CC1(C)CC2(CC(C)(C)NC(=O)N2)NC(=O)N1.OB(O)O. The van der Waals surface area contributed by atoms with E-state index in [1.54, 1.807) is 0 Å². The third-order valence-electron chi connectivity index (χ3n) is 3.10. The highest BCUT2D eigenvalue weighted by Crippen LogP contribution is 2.31. The lowest BCUT2D eigenvalue weighted by molar-refractivity contribution is 0.0929. The van der Waals surface area contributed by atoms with Crippen LogP contribution in [0, 0.1) is 0 Å². The summed E-state index contributed by atoms with van der Waals surface area (Å²) in [5, 5.41) is 32.9. The summed E-state index contributed by atoms with van der Waals surface area (Å²) in [7, 11) is -2.17. The second-order valence-corrected chi connectivity index (χ2v) is 6.71. The molecule has 0 aromatic heterocycles. The Kier molecular flexibility index (Phi) is 4.76. The van der Waals surface area contributed by atoms with Crippen LogP contribution in [0.2, 0.25) is 0 Å². The predicted molar refractivity (Wildman–Crippen MR) is 75.9 cm³/mol. The Balaban J connectivity index is 0.000000491. The zero-order chi connectivity index (χ0) is 16.5. The summed E-state index contributed by atoms with van der Waals surface area (Å²) in [6, 6.07) is -0.474. The molecule has 2 fully saturated rings. The standard InChI is InChI=1S/C11H20N4O2.BH3O3/c1-9(2)5-11(14-7(16)12-9)6-10(3,4)13-8(17)15-11;2-1(3)4/h5-6H2,1-4H3,(H2,12,14,16)(H2,13,15,17);2-4H. The van der Waals surface area contributed by atoms with Crippen molar-refractivity contribution in [3.05, 3.63) is 0 Å². The molecule has 10 heteroatoms. The van der Waals surface area contributed by atoms with Gasteiger partial charge in [-0.2, -0.15) is 0 Å². The van der Waals surface area contributed by atoms with Gasteiger partial charge in [-0.15, -0.1) is 0 Å². The molecule has 0 atom stereocenters. The zero-order valence-corrected chi connectivity index (χ0v) is 12.6. The van der Waals surface area contributed by atoms with E-state index in [-0.39, 0.29) is 23.1 Å². The van der Waals surface area contributed by atoms with Crippen LogP contribution in [-0.2, 0) is 0 Å². The monoisotopic (exact) mass is 302 g/mol. The normalized spacial score (nSPS) is 24.5. The van der Waals surface area contributed by atoms with Crippen LogP contribution in [-0.4, -0.2) is 51.2 Å². The van der Waals surface area contributed by atoms with Gasteiger partial charge in [0.25, 0.3) is 0 Å². The first-order valence-electron chi connectivity index (χ1n) is 6.60. The lowest BCUT2D eigenvalue weighted by Gasteiger charge is -2.51. The number of hydrogen-bond donors (Lipinski definition) is 7. The Morgan fingerprint density at radius 3 is 1.33 bits per heavy atom. The molecule has 2 aliphatic heterocycles. The number of carbonyl (C=O) groups is 2. The number of carbonyl (C=O) groups excluding carboxylic acids is 2. The summed E-state index contributed by atoms with van der Waals surface area (Å²) < 4.78 is 0. The second-order valence-electron chi connectivity index (χ2n) is 6.71. The summed E-state index contributed by atoms with van der Waals surface area (Å²) in [6.45, 7) is 7.81. The molecule has 0 bridgehead atoms. The highest BCUT2D eigenvalue weighted by atomic mass is 16.5. The van der Waals surface area contributed by atoms with E-state index < -0.39 is 13.0 Å². The number of nitrogens with one attached hydrogen (secondary N) is 4. The van der Waals surface area contributed by atoms with Crippen LogP contribution in [0.5, 0.6) is 0 Å². The van der Waals surface area contributed by atoms with Gasteiger partial charge in [0.05, 0.1) is 0 Å². The third kappa shape index (κ3) is 5.41. The minimum atomic E-state index is -2.17. The van der Waals surface area contributed by atoms with Gasteiger partial charge in [-0.1, -0.05) is 0 Å². The topological polar surface area (TPSA) is 143 Å². The van der Waals surface area contributed by atoms with Gasteiger partial charge in [-0.3, -0.25) is 0 Å². The molecule has 2 saturated heterocycles. The Morgan fingerprint density at radius 1 is 0.810 bits per heavy atom. The van der Waals surface area contributed by atoms with Crippen molar-refractivity contribution >= 4 is 19.4 Å². The van der Waals surface area contributed by atoms with Crippen molar-refractivity contribution in [3.63, 3.8) is 0 Å². The van der Waals surface area contributed by atoms with Crippen molar-refractivity contribution in [1.29, 1.82) is 0 Å². The Bertz CT molecular complexity index is 388. The molecule has 2 heterocycles. The molecule has 0 unspecified atom stereocenters. The lowest BCUT2D eigenvalue weighted by Crippen LogP contribution is -2.78. The van der Waals surface area contributed by atoms with Crippen molar-refractivity contribution in [1.82, 2.24) is 21.3 Å². The van der Waals surface area contributed by atoms with Crippen LogP contribution in [0.15, 0.2) is 0 Å². The van der Waals surface area contributed by atoms with Crippen LogP contribution >= 0.6 is 0 Å². The van der Waals surface area contributed by atoms with Gasteiger partial charge in [0.2, 0.25) is 0 Å². The smallest absolute Gasteiger partial charge is 0.402 e. The van der Waals surface area contributed by atoms with Gasteiger partial charge in [0.15, 0.2) is 0 Å². The Hall–Kier alpha value is -1.52. The van der Waals surface area contributed by atoms with E-state index in [2.05, 4.69) is 21.3 Å². The van der Waals surface area contributed by atoms with E-state index in [9.17, 15) is 9.59 Å². The summed E-state index contributed by atoms with van der Waals surface area (Å²) in [4.78, 5) is 23.4. The van der Waals surface area contributed by atoms with E-state index in [4.69, 9.17) is 15.1 Å². The van der Waals surface area contributed by atoms with Crippen LogP contribution in [0.25, 0.3) is 0 Å². The fraction of sp³-hybridized carbons (Fsp3) is 0.818. The molecule has 0 aromatic rings. The first kappa shape index (κ1) is 17.5. The molecule has 21 heavy (non-hydrogen) atoms. The number of urea groups is 2. The fourth-order valence-corrected chi connectivity index (χ4v) is 2.98. The van der Waals surface area contributed by atoms with E-state index in [1.807, 2.05) is 27.7 Å². The number of rotatable bonds is 0. The third-order valence-corrected chi connectivity index (χ3v) is 3.10. The van der Waals surface area contributed by atoms with E-state index in [0.717, 1.165) is 0 Å². The molecule has 0 saturated carbocycles. The molecule has 0 radical (unpaired) electrons. The van der Waals surface area contributed by atoms with Gasteiger partial charge < -0.3 is 36.3 Å². The molecule has 9 nitrogen and oxygen atoms in total. The van der Waals surface area contributed by atoms with Gasteiger partial charge in [0, 0.05) is 23.9 Å². The first-order chi connectivity index (χ1) is 9.35. The van der Waals surface area contributed by atoms with Crippen LogP contribution in [0.1, 0.15) is 40.5 Å². The highest BCUT2D eigenvalue weighted by molar-refractivity contribution is 6.30. The van der Waals surface area contributed by atoms with Crippen molar-refractivity contribution in [3.8, 4) is 0 Å². The highest BCUT2D eigenvalue weighted by Gasteiger charge is 2.49. The van der Waals surface area contributed by atoms with Crippen LogP contribution < -0.4 is 21.3 Å². The minimum Gasteiger partial charge on any atom is -0.402 e. The van der Waals surface area contributed by atoms with E-state index in [0.29, 0.717) is 12.8 Å². The van der Waals surface area contributed by atoms with Crippen LogP contribution in [0.4, 0.5) is 9.59 Å². The van der Waals surface area contributed by atoms with Crippen molar-refractivity contribution in [2.45, 2.75) is 57.3 Å². The zero-order valence-electron chi connectivity index (χ0n) is 12.6. The first-order valence-corrected chi connectivity index (χ1v) is 6.60. The molecule has 1 spiro atoms. The molecule has 120 valence electrons. The molecular weight excluding hydrogens is 279 g/mol. The average molecular weight is 302 g/mol. The maximum Gasteiger partial charge on any atom is 0.631 e. The van der Waals surface area contributed by atoms with Crippen molar-refractivity contribution in [2.75, 3.05) is 0 Å². The molecular formula is C11H23BN4O5. The molecule has 0 aliphatic carbocycles. The summed E-state index contributed by atoms with van der Waals surface area (Å²) >= 11 is 0. The average Bonchev–Trinajstić information content (AvgIpc) is 2.05. The van der Waals surface area contributed by atoms with Gasteiger partial charge in [-0.05, 0) is 27.7 Å². The summed E-state index contributed by atoms with van der Waals surface area (Å²) in [5.74, 6) is 0.